The minimum atomic E-state index is -0.430. The van der Waals surface area contributed by atoms with Gasteiger partial charge in [-0.1, -0.05) is 17.7 Å². The molecule has 0 fully saturated rings. The van der Waals surface area contributed by atoms with Gasteiger partial charge in [-0.3, -0.25) is 0 Å². The molecule has 3 nitrogen and oxygen atoms in total. The molecule has 0 aromatic heterocycles. The zero-order chi connectivity index (χ0) is 13.8. The van der Waals surface area contributed by atoms with E-state index in [2.05, 4.69) is 45.1 Å². The highest BCUT2D eigenvalue weighted by molar-refractivity contribution is 5.37. The van der Waals surface area contributed by atoms with Crippen LogP contribution < -0.4 is 10.1 Å². The second kappa shape index (κ2) is 5.88. The third-order valence-electron chi connectivity index (χ3n) is 2.51. The standard InChI is InChI=1S/C15H22N2O/c1-11-6-7-14(18-12(2)9-16)13(8-11)10-17-15(3,4)5/h6-8,12,17H,10H2,1-5H3. The fraction of sp³-hybridized carbons (Fsp3) is 0.533. The molecule has 1 unspecified atom stereocenters. The first-order valence-corrected chi connectivity index (χ1v) is 6.22. The minimum Gasteiger partial charge on any atom is -0.476 e. The van der Waals surface area contributed by atoms with Crippen molar-refractivity contribution in [1.82, 2.24) is 5.32 Å². The summed E-state index contributed by atoms with van der Waals surface area (Å²) >= 11 is 0. The van der Waals surface area contributed by atoms with Crippen LogP contribution >= 0.6 is 0 Å². The largest absolute Gasteiger partial charge is 0.476 e. The molecule has 0 saturated heterocycles. The van der Waals surface area contributed by atoms with Crippen LogP contribution in [0.25, 0.3) is 0 Å². The van der Waals surface area contributed by atoms with Gasteiger partial charge in [-0.05, 0) is 40.7 Å². The van der Waals surface area contributed by atoms with Gasteiger partial charge in [0.1, 0.15) is 11.8 Å². The Bertz CT molecular complexity index is 441. The molecule has 1 aromatic carbocycles. The molecule has 1 atom stereocenters. The maximum atomic E-state index is 8.81. The zero-order valence-corrected chi connectivity index (χ0v) is 11.9. The molecule has 0 aliphatic heterocycles. The summed E-state index contributed by atoms with van der Waals surface area (Å²) in [6.45, 7) is 10.9. The van der Waals surface area contributed by atoms with Crippen molar-refractivity contribution in [2.45, 2.75) is 52.8 Å². The predicted molar refractivity (Wildman–Crippen MR) is 73.5 cm³/mol. The van der Waals surface area contributed by atoms with Crippen LogP contribution in [0.15, 0.2) is 18.2 Å². The van der Waals surface area contributed by atoms with E-state index in [1.807, 2.05) is 12.1 Å². The van der Waals surface area contributed by atoms with Crippen molar-refractivity contribution in [3.05, 3.63) is 29.3 Å². The predicted octanol–water partition coefficient (Wildman–Crippen LogP) is 3.17. The molecule has 0 radical (unpaired) electrons. The molecule has 0 amide bonds. The van der Waals surface area contributed by atoms with Crippen LogP contribution in [0.1, 0.15) is 38.8 Å². The number of hydrogen-bond acceptors (Lipinski definition) is 3. The molecule has 0 aliphatic carbocycles. The van der Waals surface area contributed by atoms with Crippen LogP contribution in [-0.4, -0.2) is 11.6 Å². The summed E-state index contributed by atoms with van der Waals surface area (Å²) in [6, 6.07) is 8.11. The molecule has 1 rings (SSSR count). The molecule has 98 valence electrons. The third kappa shape index (κ3) is 4.77. The summed E-state index contributed by atoms with van der Waals surface area (Å²) in [5, 5.41) is 12.2. The quantitative estimate of drug-likeness (QED) is 0.887. The highest BCUT2D eigenvalue weighted by Crippen LogP contribution is 2.22. The monoisotopic (exact) mass is 246 g/mol. The molecular formula is C15H22N2O. The van der Waals surface area contributed by atoms with Gasteiger partial charge in [0.15, 0.2) is 6.10 Å². The van der Waals surface area contributed by atoms with Gasteiger partial charge in [0.2, 0.25) is 0 Å². The first kappa shape index (κ1) is 14.5. The Morgan fingerprint density at radius 1 is 1.39 bits per heavy atom. The number of aryl methyl sites for hydroxylation is 1. The molecular weight excluding hydrogens is 224 g/mol. The molecule has 0 heterocycles. The fourth-order valence-corrected chi connectivity index (χ4v) is 1.54. The van der Waals surface area contributed by atoms with Crippen LogP contribution in [0, 0.1) is 18.3 Å². The first-order chi connectivity index (χ1) is 8.31. The van der Waals surface area contributed by atoms with Gasteiger partial charge in [-0.25, -0.2) is 0 Å². The van der Waals surface area contributed by atoms with E-state index in [1.54, 1.807) is 6.92 Å². The van der Waals surface area contributed by atoms with Crippen molar-refractivity contribution in [1.29, 1.82) is 5.26 Å². The molecule has 0 spiro atoms. The Morgan fingerprint density at radius 3 is 2.61 bits per heavy atom. The van der Waals surface area contributed by atoms with Gasteiger partial charge in [0.25, 0.3) is 0 Å². The normalized spacial score (nSPS) is 12.9. The van der Waals surface area contributed by atoms with Crippen LogP contribution in [0.2, 0.25) is 0 Å². The summed E-state index contributed by atoms with van der Waals surface area (Å²) in [5.74, 6) is 0.784. The van der Waals surface area contributed by atoms with Crippen LogP contribution in [0.3, 0.4) is 0 Å². The van der Waals surface area contributed by atoms with Crippen molar-refractivity contribution in [3.63, 3.8) is 0 Å². The second-order valence-electron chi connectivity index (χ2n) is 5.60. The zero-order valence-electron chi connectivity index (χ0n) is 11.9. The van der Waals surface area contributed by atoms with Crippen molar-refractivity contribution < 1.29 is 4.74 Å². The lowest BCUT2D eigenvalue weighted by Gasteiger charge is -2.22. The SMILES string of the molecule is Cc1ccc(OC(C)C#N)c(CNC(C)(C)C)c1. The Hall–Kier alpha value is -1.53. The number of nitriles is 1. The molecule has 1 N–H and O–H groups in total. The van der Waals surface area contributed by atoms with Crippen LogP contribution in [0.5, 0.6) is 5.75 Å². The van der Waals surface area contributed by atoms with Gasteiger partial charge in [0, 0.05) is 17.6 Å². The molecule has 1 aromatic rings. The van der Waals surface area contributed by atoms with Gasteiger partial charge in [-0.15, -0.1) is 0 Å². The van der Waals surface area contributed by atoms with Crippen molar-refractivity contribution in [2.24, 2.45) is 0 Å². The van der Waals surface area contributed by atoms with E-state index in [-0.39, 0.29) is 5.54 Å². The van der Waals surface area contributed by atoms with E-state index < -0.39 is 6.10 Å². The Balaban J connectivity index is 2.87. The van der Waals surface area contributed by atoms with E-state index in [0.717, 1.165) is 17.9 Å². The lowest BCUT2D eigenvalue weighted by Crippen LogP contribution is -2.35. The number of benzene rings is 1. The fourth-order valence-electron chi connectivity index (χ4n) is 1.54. The summed E-state index contributed by atoms with van der Waals surface area (Å²) in [7, 11) is 0. The second-order valence-corrected chi connectivity index (χ2v) is 5.60. The Kier molecular flexibility index (Phi) is 4.75. The summed E-state index contributed by atoms with van der Waals surface area (Å²) in [6.07, 6.45) is -0.430. The van der Waals surface area contributed by atoms with E-state index in [9.17, 15) is 0 Å². The van der Waals surface area contributed by atoms with Gasteiger partial charge >= 0.3 is 0 Å². The maximum Gasteiger partial charge on any atom is 0.181 e. The van der Waals surface area contributed by atoms with Crippen LogP contribution in [-0.2, 0) is 6.54 Å². The number of nitrogens with zero attached hydrogens (tertiary/aromatic N) is 1. The first-order valence-electron chi connectivity index (χ1n) is 6.22. The summed E-state index contributed by atoms with van der Waals surface area (Å²) in [4.78, 5) is 0. The average Bonchev–Trinajstić information content (AvgIpc) is 2.28. The molecule has 3 heteroatoms. The van der Waals surface area contributed by atoms with E-state index >= 15 is 0 Å². The number of ether oxygens (including phenoxy) is 1. The van der Waals surface area contributed by atoms with Gasteiger partial charge in [0.05, 0.1) is 0 Å². The third-order valence-corrected chi connectivity index (χ3v) is 2.51. The van der Waals surface area contributed by atoms with E-state index in [4.69, 9.17) is 10.00 Å². The maximum absolute atomic E-state index is 8.81. The molecule has 0 bridgehead atoms. The average molecular weight is 246 g/mol. The lowest BCUT2D eigenvalue weighted by molar-refractivity contribution is 0.271. The number of rotatable bonds is 4. The number of nitrogens with one attached hydrogen (secondary N) is 1. The Labute approximate surface area is 110 Å². The summed E-state index contributed by atoms with van der Waals surface area (Å²) in [5.41, 5.74) is 2.34. The summed E-state index contributed by atoms with van der Waals surface area (Å²) < 4.78 is 5.61. The number of hydrogen-bond donors (Lipinski definition) is 1. The van der Waals surface area contributed by atoms with Gasteiger partial charge < -0.3 is 10.1 Å². The van der Waals surface area contributed by atoms with Crippen molar-refractivity contribution in [2.75, 3.05) is 0 Å². The lowest BCUT2D eigenvalue weighted by atomic mass is 10.1. The highest BCUT2D eigenvalue weighted by Gasteiger charge is 2.12. The molecule has 0 aliphatic rings. The molecule has 0 saturated carbocycles. The van der Waals surface area contributed by atoms with E-state index in [0.29, 0.717) is 0 Å². The Morgan fingerprint density at radius 2 is 2.06 bits per heavy atom. The van der Waals surface area contributed by atoms with Crippen LogP contribution in [0.4, 0.5) is 0 Å². The topological polar surface area (TPSA) is 45.0 Å². The molecule has 18 heavy (non-hydrogen) atoms. The smallest absolute Gasteiger partial charge is 0.181 e. The van der Waals surface area contributed by atoms with Crippen molar-refractivity contribution >= 4 is 0 Å². The minimum absolute atomic E-state index is 0.0574. The van der Waals surface area contributed by atoms with Crippen molar-refractivity contribution in [3.8, 4) is 11.8 Å². The van der Waals surface area contributed by atoms with E-state index in [1.165, 1.54) is 5.56 Å². The van der Waals surface area contributed by atoms with Gasteiger partial charge in [-0.2, -0.15) is 5.26 Å². The highest BCUT2D eigenvalue weighted by atomic mass is 16.5.